The molecule has 4 nitrogen and oxygen atoms in total. The fourth-order valence-corrected chi connectivity index (χ4v) is 3.33. The highest BCUT2D eigenvalue weighted by atomic mass is 32.1. The lowest BCUT2D eigenvalue weighted by Crippen LogP contribution is -1.95. The number of hydrogen-bond acceptors (Lipinski definition) is 4. The predicted molar refractivity (Wildman–Crippen MR) is 95.4 cm³/mol. The molecule has 2 aromatic carbocycles. The molecule has 4 aromatic rings. The molecule has 2 aromatic heterocycles. The van der Waals surface area contributed by atoms with Gasteiger partial charge in [-0.25, -0.2) is 18.4 Å². The van der Waals surface area contributed by atoms with Crippen molar-refractivity contribution in [3.05, 3.63) is 77.3 Å². The van der Waals surface area contributed by atoms with Crippen LogP contribution in [0.4, 0.5) is 8.78 Å². The summed E-state index contributed by atoms with van der Waals surface area (Å²) in [6.07, 6.45) is 2.08. The highest BCUT2D eigenvalue weighted by Crippen LogP contribution is 2.28. The monoisotopic (exact) mass is 367 g/mol. The maximum Gasteiger partial charge on any atom is 0.210 e. The Balaban J connectivity index is 1.76. The third kappa shape index (κ3) is 2.93. The minimum absolute atomic E-state index is 0.0621. The van der Waals surface area contributed by atoms with Gasteiger partial charge in [-0.15, -0.1) is 11.3 Å². The SMILES string of the molecule is O=Cc1cn(-c2nc(-c3ccccc3)cs2)nc1-c1ccc(F)cc1F. The molecule has 0 atom stereocenters. The summed E-state index contributed by atoms with van der Waals surface area (Å²) in [6.45, 7) is 0. The lowest BCUT2D eigenvalue weighted by molar-refractivity contribution is 0.112. The maximum absolute atomic E-state index is 14.1. The third-order valence-corrected chi connectivity index (χ3v) is 4.64. The van der Waals surface area contributed by atoms with E-state index in [2.05, 4.69) is 10.1 Å². The lowest BCUT2D eigenvalue weighted by atomic mass is 10.1. The van der Waals surface area contributed by atoms with Crippen LogP contribution in [0.1, 0.15) is 10.4 Å². The van der Waals surface area contributed by atoms with Crippen LogP contribution in [0.3, 0.4) is 0 Å². The fourth-order valence-electron chi connectivity index (χ4n) is 2.57. The summed E-state index contributed by atoms with van der Waals surface area (Å²) in [5.74, 6) is -1.46. The molecule has 0 aliphatic carbocycles. The maximum atomic E-state index is 14.1. The normalized spacial score (nSPS) is 10.8. The van der Waals surface area contributed by atoms with Crippen LogP contribution in [0, 0.1) is 11.6 Å². The molecule has 0 fully saturated rings. The zero-order valence-electron chi connectivity index (χ0n) is 13.3. The molecule has 26 heavy (non-hydrogen) atoms. The van der Waals surface area contributed by atoms with Crippen molar-refractivity contribution in [2.75, 3.05) is 0 Å². The van der Waals surface area contributed by atoms with Crippen molar-refractivity contribution >= 4 is 17.6 Å². The molecule has 0 bridgehead atoms. The Morgan fingerprint density at radius 1 is 1.08 bits per heavy atom. The minimum Gasteiger partial charge on any atom is -0.298 e. The Bertz CT molecular complexity index is 1090. The molecule has 0 saturated carbocycles. The average molecular weight is 367 g/mol. The number of aromatic nitrogens is 3. The minimum atomic E-state index is -0.775. The van der Waals surface area contributed by atoms with E-state index in [0.717, 1.165) is 23.4 Å². The van der Waals surface area contributed by atoms with Gasteiger partial charge in [0.25, 0.3) is 0 Å². The third-order valence-electron chi connectivity index (χ3n) is 3.81. The summed E-state index contributed by atoms with van der Waals surface area (Å²) in [5, 5.41) is 6.71. The Kier molecular flexibility index (Phi) is 4.14. The topological polar surface area (TPSA) is 47.8 Å². The van der Waals surface area contributed by atoms with Gasteiger partial charge in [-0.05, 0) is 12.1 Å². The smallest absolute Gasteiger partial charge is 0.210 e. The highest BCUT2D eigenvalue weighted by molar-refractivity contribution is 7.12. The quantitative estimate of drug-likeness (QED) is 0.489. The van der Waals surface area contributed by atoms with Gasteiger partial charge in [0.15, 0.2) is 6.29 Å². The van der Waals surface area contributed by atoms with E-state index in [0.29, 0.717) is 11.4 Å². The molecule has 4 rings (SSSR count). The number of halogens is 2. The number of carbonyl (C=O) groups is 1. The number of rotatable bonds is 4. The number of thiazole rings is 1. The van der Waals surface area contributed by atoms with Crippen molar-refractivity contribution < 1.29 is 13.6 Å². The second-order valence-corrected chi connectivity index (χ2v) is 6.34. The van der Waals surface area contributed by atoms with E-state index in [4.69, 9.17) is 0 Å². The van der Waals surface area contributed by atoms with Gasteiger partial charge < -0.3 is 0 Å². The van der Waals surface area contributed by atoms with Gasteiger partial charge in [-0.2, -0.15) is 5.10 Å². The van der Waals surface area contributed by atoms with Gasteiger partial charge in [0, 0.05) is 28.8 Å². The molecule has 0 aliphatic rings. The van der Waals surface area contributed by atoms with Gasteiger partial charge in [-0.3, -0.25) is 4.79 Å². The van der Waals surface area contributed by atoms with E-state index in [9.17, 15) is 13.6 Å². The van der Waals surface area contributed by atoms with E-state index in [-0.39, 0.29) is 16.8 Å². The summed E-state index contributed by atoms with van der Waals surface area (Å²) in [5.41, 5.74) is 2.15. The molecule has 128 valence electrons. The predicted octanol–water partition coefficient (Wildman–Crippen LogP) is 4.75. The average Bonchev–Trinajstić information content (AvgIpc) is 3.29. The zero-order valence-corrected chi connectivity index (χ0v) is 14.1. The van der Waals surface area contributed by atoms with E-state index >= 15 is 0 Å². The van der Waals surface area contributed by atoms with Crippen LogP contribution in [-0.4, -0.2) is 21.1 Å². The van der Waals surface area contributed by atoms with Gasteiger partial charge in [0.05, 0.1) is 11.3 Å². The van der Waals surface area contributed by atoms with Crippen molar-refractivity contribution in [3.63, 3.8) is 0 Å². The van der Waals surface area contributed by atoms with E-state index < -0.39 is 11.6 Å². The van der Waals surface area contributed by atoms with E-state index in [1.807, 2.05) is 35.7 Å². The molecule has 0 N–H and O–H groups in total. The molecular formula is C19H11F2N3OS. The number of nitrogens with zero attached hydrogens (tertiary/aromatic N) is 3. The molecule has 0 aliphatic heterocycles. The van der Waals surface area contributed by atoms with Gasteiger partial charge in [-0.1, -0.05) is 30.3 Å². The van der Waals surface area contributed by atoms with Crippen molar-refractivity contribution in [3.8, 4) is 27.6 Å². The first kappa shape index (κ1) is 16.3. The molecule has 0 saturated heterocycles. The largest absolute Gasteiger partial charge is 0.298 e. The Morgan fingerprint density at radius 2 is 1.88 bits per heavy atom. The first-order chi connectivity index (χ1) is 12.7. The zero-order chi connectivity index (χ0) is 18.1. The summed E-state index contributed by atoms with van der Waals surface area (Å²) in [4.78, 5) is 15.9. The van der Waals surface area contributed by atoms with Crippen LogP contribution in [0.5, 0.6) is 0 Å². The van der Waals surface area contributed by atoms with Crippen molar-refractivity contribution in [1.82, 2.24) is 14.8 Å². The van der Waals surface area contributed by atoms with Crippen LogP contribution in [0.2, 0.25) is 0 Å². The second-order valence-electron chi connectivity index (χ2n) is 5.50. The Morgan fingerprint density at radius 3 is 2.62 bits per heavy atom. The first-order valence-corrected chi connectivity index (χ1v) is 8.55. The van der Waals surface area contributed by atoms with Crippen LogP contribution >= 0.6 is 11.3 Å². The summed E-state index contributed by atoms with van der Waals surface area (Å²) < 4.78 is 28.6. The molecule has 7 heteroatoms. The van der Waals surface area contributed by atoms with Crippen LogP contribution in [0.25, 0.3) is 27.6 Å². The van der Waals surface area contributed by atoms with E-state index in [1.165, 1.54) is 28.3 Å². The van der Waals surface area contributed by atoms with Gasteiger partial charge >= 0.3 is 0 Å². The van der Waals surface area contributed by atoms with Gasteiger partial charge in [0.2, 0.25) is 5.13 Å². The highest BCUT2D eigenvalue weighted by Gasteiger charge is 2.17. The lowest BCUT2D eigenvalue weighted by Gasteiger charge is -2.00. The van der Waals surface area contributed by atoms with Crippen molar-refractivity contribution in [2.45, 2.75) is 0 Å². The van der Waals surface area contributed by atoms with Crippen LogP contribution in [0.15, 0.2) is 60.1 Å². The van der Waals surface area contributed by atoms with Crippen molar-refractivity contribution in [2.24, 2.45) is 0 Å². The van der Waals surface area contributed by atoms with E-state index in [1.54, 1.807) is 0 Å². The second kappa shape index (κ2) is 6.61. The summed E-state index contributed by atoms with van der Waals surface area (Å²) >= 11 is 1.35. The molecule has 0 spiro atoms. The van der Waals surface area contributed by atoms with Crippen molar-refractivity contribution in [1.29, 1.82) is 0 Å². The van der Waals surface area contributed by atoms with Crippen LogP contribution < -0.4 is 0 Å². The Hall–Kier alpha value is -3.19. The molecular weight excluding hydrogens is 356 g/mol. The molecule has 0 unspecified atom stereocenters. The number of benzene rings is 2. The summed E-state index contributed by atoms with van der Waals surface area (Å²) in [7, 11) is 0. The molecule has 0 amide bonds. The molecule has 2 heterocycles. The number of hydrogen-bond donors (Lipinski definition) is 0. The van der Waals surface area contributed by atoms with Gasteiger partial charge in [0.1, 0.15) is 17.3 Å². The fraction of sp³-hybridized carbons (Fsp3) is 0. The summed E-state index contributed by atoms with van der Waals surface area (Å²) in [6, 6.07) is 12.8. The first-order valence-electron chi connectivity index (χ1n) is 7.67. The number of carbonyl (C=O) groups excluding carboxylic acids is 1. The standard InChI is InChI=1S/C19H11F2N3OS/c20-14-6-7-15(16(21)8-14)18-13(10-25)9-24(23-18)19-22-17(11-26-19)12-4-2-1-3-5-12/h1-11H. The van der Waals surface area contributed by atoms with Crippen LogP contribution in [-0.2, 0) is 0 Å². The number of aldehydes is 1. The Labute approximate surface area is 151 Å². The molecule has 0 radical (unpaired) electrons.